The summed E-state index contributed by atoms with van der Waals surface area (Å²) in [7, 11) is 6.42. The normalized spacial score (nSPS) is 17.9. The number of Topliss-reactive ketones (excluding diaryl/α,β-unsaturated/α-hetero) is 1. The van der Waals surface area contributed by atoms with Crippen molar-refractivity contribution in [3.05, 3.63) is 94.6 Å². The van der Waals surface area contributed by atoms with Gasteiger partial charge in [-0.1, -0.05) is 54.6 Å². The first kappa shape index (κ1) is 24.1. The van der Waals surface area contributed by atoms with E-state index in [0.717, 1.165) is 22.3 Å². The summed E-state index contributed by atoms with van der Waals surface area (Å²) < 4.78 is 22.1. The molecule has 0 heterocycles. The molecule has 0 amide bonds. The maximum Gasteiger partial charge on any atom is 0.185 e. The first-order valence-electron chi connectivity index (χ1n) is 11.5. The average Bonchev–Trinajstić information content (AvgIpc) is 2.90. The first-order chi connectivity index (χ1) is 17.1. The van der Waals surface area contributed by atoms with Crippen LogP contribution in [0.4, 0.5) is 0 Å². The van der Waals surface area contributed by atoms with Gasteiger partial charge in [0.05, 0.1) is 28.4 Å². The Morgan fingerprint density at radius 3 is 1.54 bits per heavy atom. The summed E-state index contributed by atoms with van der Waals surface area (Å²) in [6.45, 7) is 0. The summed E-state index contributed by atoms with van der Waals surface area (Å²) >= 11 is 0. The fourth-order valence-corrected chi connectivity index (χ4v) is 4.63. The highest BCUT2D eigenvalue weighted by Gasteiger charge is 2.29. The molecule has 0 saturated heterocycles. The third-order valence-corrected chi connectivity index (χ3v) is 6.31. The van der Waals surface area contributed by atoms with Gasteiger partial charge in [0.25, 0.3) is 0 Å². The molecule has 5 nitrogen and oxygen atoms in total. The van der Waals surface area contributed by atoms with Gasteiger partial charge in [0, 0.05) is 22.3 Å². The van der Waals surface area contributed by atoms with Crippen LogP contribution < -0.4 is 18.9 Å². The Bertz CT molecular complexity index is 1180. The van der Waals surface area contributed by atoms with E-state index in [9.17, 15) is 4.79 Å². The zero-order valence-corrected chi connectivity index (χ0v) is 20.5. The Morgan fingerprint density at radius 1 is 0.629 bits per heavy atom. The maximum atomic E-state index is 13.7. The number of carbonyl (C=O) groups excluding carboxylic acids is 1. The van der Waals surface area contributed by atoms with Gasteiger partial charge < -0.3 is 18.9 Å². The second-order valence-corrected chi connectivity index (χ2v) is 8.35. The van der Waals surface area contributed by atoms with Crippen LogP contribution in [-0.2, 0) is 4.79 Å². The molecule has 0 aromatic heterocycles. The number of ether oxygens (including phenoxy) is 4. The summed E-state index contributed by atoms with van der Waals surface area (Å²) in [6.07, 6.45) is 5.12. The molecule has 1 aliphatic rings. The van der Waals surface area contributed by atoms with Crippen molar-refractivity contribution in [3.8, 4) is 23.0 Å². The molecule has 1 saturated carbocycles. The summed E-state index contributed by atoms with van der Waals surface area (Å²) in [5, 5.41) is 0. The van der Waals surface area contributed by atoms with E-state index >= 15 is 0 Å². The Morgan fingerprint density at radius 2 is 1.11 bits per heavy atom. The lowest BCUT2D eigenvalue weighted by molar-refractivity contribution is -0.113. The smallest absolute Gasteiger partial charge is 0.185 e. The molecule has 35 heavy (non-hydrogen) atoms. The molecule has 180 valence electrons. The van der Waals surface area contributed by atoms with Crippen molar-refractivity contribution in [2.24, 2.45) is 0 Å². The van der Waals surface area contributed by atoms with Crippen LogP contribution in [0, 0.1) is 0 Å². The molecule has 0 spiro atoms. The second kappa shape index (κ2) is 11.0. The average molecular weight is 471 g/mol. The van der Waals surface area contributed by atoms with Gasteiger partial charge in [-0.05, 0) is 48.6 Å². The van der Waals surface area contributed by atoms with E-state index in [4.69, 9.17) is 18.9 Å². The number of allylic oxidation sites excluding steroid dienone is 2. The van der Waals surface area contributed by atoms with Crippen molar-refractivity contribution in [2.75, 3.05) is 28.4 Å². The number of methoxy groups -OCH3 is 4. The summed E-state index contributed by atoms with van der Waals surface area (Å²) in [6, 6.07) is 21.7. The van der Waals surface area contributed by atoms with E-state index in [1.807, 2.05) is 66.7 Å². The minimum absolute atomic E-state index is 0.0203. The van der Waals surface area contributed by atoms with Crippen molar-refractivity contribution in [3.63, 3.8) is 0 Å². The molecule has 0 radical (unpaired) electrons. The Labute approximate surface area is 206 Å². The third-order valence-electron chi connectivity index (χ3n) is 6.31. The second-order valence-electron chi connectivity index (χ2n) is 8.35. The number of ketones is 1. The van der Waals surface area contributed by atoms with Crippen LogP contribution >= 0.6 is 0 Å². The fourth-order valence-electron chi connectivity index (χ4n) is 4.63. The van der Waals surface area contributed by atoms with Crippen LogP contribution in [0.15, 0.2) is 77.9 Å². The van der Waals surface area contributed by atoms with Crippen LogP contribution in [0.2, 0.25) is 0 Å². The molecule has 4 rings (SSSR count). The quantitative estimate of drug-likeness (QED) is 0.378. The van der Waals surface area contributed by atoms with E-state index in [2.05, 4.69) is 12.1 Å². The van der Waals surface area contributed by atoms with Crippen LogP contribution in [0.25, 0.3) is 12.2 Å². The van der Waals surface area contributed by atoms with Crippen molar-refractivity contribution < 1.29 is 23.7 Å². The van der Waals surface area contributed by atoms with Gasteiger partial charge in [-0.3, -0.25) is 4.79 Å². The molecular formula is C30H30O5. The minimum Gasteiger partial charge on any atom is -0.493 e. The topological polar surface area (TPSA) is 54.0 Å². The molecule has 0 unspecified atom stereocenters. The van der Waals surface area contributed by atoms with Crippen molar-refractivity contribution in [1.82, 2.24) is 0 Å². The Balaban J connectivity index is 1.83. The molecule has 3 aromatic carbocycles. The van der Waals surface area contributed by atoms with Gasteiger partial charge in [0.2, 0.25) is 0 Å². The Hall–Kier alpha value is -3.99. The monoisotopic (exact) mass is 470 g/mol. The van der Waals surface area contributed by atoms with Crippen molar-refractivity contribution >= 4 is 17.9 Å². The largest absolute Gasteiger partial charge is 0.493 e. The molecule has 0 N–H and O–H groups in total. The molecule has 1 fully saturated rings. The lowest BCUT2D eigenvalue weighted by atomic mass is 9.76. The standard InChI is InChI=1S/C30H30O5/c1-32-26-14-8-12-21(29(26)34-3)16-24-18-23(20-10-6-5-7-11-20)19-25(28(24)31)17-22-13-9-15-27(33-2)30(22)35-4/h5-17,23H,18-19H2,1-4H3/b24-16+,25-17+. The van der Waals surface area contributed by atoms with Crippen molar-refractivity contribution in [1.29, 1.82) is 0 Å². The molecule has 0 aliphatic heterocycles. The maximum absolute atomic E-state index is 13.7. The number of hydrogen-bond donors (Lipinski definition) is 0. The molecule has 1 aliphatic carbocycles. The number of para-hydroxylation sites is 2. The zero-order valence-electron chi connectivity index (χ0n) is 20.5. The van der Waals surface area contributed by atoms with E-state index in [0.29, 0.717) is 35.8 Å². The van der Waals surface area contributed by atoms with E-state index in [1.165, 1.54) is 5.56 Å². The molecule has 0 bridgehead atoms. The lowest BCUT2D eigenvalue weighted by Crippen LogP contribution is -2.19. The fraction of sp³-hybridized carbons (Fsp3) is 0.233. The van der Waals surface area contributed by atoms with Gasteiger partial charge in [0.15, 0.2) is 28.8 Å². The van der Waals surface area contributed by atoms with Gasteiger partial charge in [-0.2, -0.15) is 0 Å². The van der Waals surface area contributed by atoms with E-state index < -0.39 is 0 Å². The SMILES string of the molecule is COc1cccc(/C=C2\CC(c3ccccc3)C/C(=C\c3cccc(OC)c3OC)C2=O)c1OC. The number of benzene rings is 3. The van der Waals surface area contributed by atoms with Crippen LogP contribution in [0.1, 0.15) is 35.4 Å². The highest BCUT2D eigenvalue weighted by atomic mass is 16.5. The lowest BCUT2D eigenvalue weighted by Gasteiger charge is -2.26. The summed E-state index contributed by atoms with van der Waals surface area (Å²) in [5.74, 6) is 2.66. The first-order valence-corrected chi connectivity index (χ1v) is 11.5. The van der Waals surface area contributed by atoms with Gasteiger partial charge >= 0.3 is 0 Å². The summed E-state index contributed by atoms with van der Waals surface area (Å²) in [4.78, 5) is 13.7. The van der Waals surface area contributed by atoms with Crippen LogP contribution in [0.3, 0.4) is 0 Å². The molecular weight excluding hydrogens is 440 g/mol. The summed E-state index contributed by atoms with van der Waals surface area (Å²) in [5.41, 5.74) is 4.27. The van der Waals surface area contributed by atoms with Gasteiger partial charge in [-0.25, -0.2) is 0 Å². The highest BCUT2D eigenvalue weighted by molar-refractivity contribution is 6.14. The Kier molecular flexibility index (Phi) is 7.56. The number of rotatable bonds is 7. The van der Waals surface area contributed by atoms with Gasteiger partial charge in [0.1, 0.15) is 0 Å². The highest BCUT2D eigenvalue weighted by Crippen LogP contribution is 2.41. The predicted octanol–water partition coefficient (Wildman–Crippen LogP) is 6.33. The number of carbonyl (C=O) groups is 1. The third kappa shape index (κ3) is 5.09. The van der Waals surface area contributed by atoms with Gasteiger partial charge in [-0.15, -0.1) is 0 Å². The van der Waals surface area contributed by atoms with E-state index in [-0.39, 0.29) is 11.7 Å². The number of hydrogen-bond acceptors (Lipinski definition) is 5. The van der Waals surface area contributed by atoms with Crippen LogP contribution in [-0.4, -0.2) is 34.2 Å². The van der Waals surface area contributed by atoms with E-state index in [1.54, 1.807) is 28.4 Å². The molecule has 3 aromatic rings. The van der Waals surface area contributed by atoms with Crippen LogP contribution in [0.5, 0.6) is 23.0 Å². The predicted molar refractivity (Wildman–Crippen MR) is 138 cm³/mol. The molecule has 5 heteroatoms. The van der Waals surface area contributed by atoms with Crippen molar-refractivity contribution in [2.45, 2.75) is 18.8 Å². The minimum atomic E-state index is 0.0203. The zero-order chi connectivity index (χ0) is 24.8. The molecule has 0 atom stereocenters.